The van der Waals surface area contributed by atoms with E-state index in [1.54, 1.807) is 26.1 Å². The average Bonchev–Trinajstić information content (AvgIpc) is 2.38. The van der Waals surface area contributed by atoms with E-state index in [2.05, 4.69) is 0 Å². The maximum atomic E-state index is 12.1. The Balaban J connectivity index is 4.47. The van der Waals surface area contributed by atoms with Crippen LogP contribution in [0, 0.1) is 0 Å². The number of hydrogen-bond donors (Lipinski definition) is 2. The predicted molar refractivity (Wildman–Crippen MR) is 74.8 cm³/mol. The lowest BCUT2D eigenvalue weighted by Crippen LogP contribution is -2.45. The first-order valence-electron chi connectivity index (χ1n) is 6.99. The van der Waals surface area contributed by atoms with Crippen molar-refractivity contribution in [1.29, 1.82) is 0 Å². The van der Waals surface area contributed by atoms with E-state index in [4.69, 9.17) is 14.6 Å². The minimum Gasteiger partial charge on any atom is -0.444 e. The van der Waals surface area contributed by atoms with Crippen molar-refractivity contribution in [2.75, 3.05) is 39.5 Å². The molecule has 0 spiro atoms. The summed E-state index contributed by atoms with van der Waals surface area (Å²) < 4.78 is 46.4. The Morgan fingerprint density at radius 1 is 1.13 bits per heavy atom. The van der Waals surface area contributed by atoms with Crippen LogP contribution in [0.1, 0.15) is 20.8 Å². The second-order valence-corrected chi connectivity index (χ2v) is 5.56. The van der Waals surface area contributed by atoms with Crippen molar-refractivity contribution in [2.24, 2.45) is 0 Å². The smallest absolute Gasteiger partial charge is 0.444 e. The first-order chi connectivity index (χ1) is 10.5. The zero-order valence-electron chi connectivity index (χ0n) is 13.4. The zero-order valence-corrected chi connectivity index (χ0v) is 13.4. The molecule has 0 aromatic carbocycles. The van der Waals surface area contributed by atoms with Crippen LogP contribution in [0.2, 0.25) is 0 Å². The molecule has 0 aromatic rings. The number of nitrogens with one attached hydrogen (secondary N) is 1. The van der Waals surface area contributed by atoms with Gasteiger partial charge in [-0.05, 0) is 20.8 Å². The van der Waals surface area contributed by atoms with Crippen LogP contribution in [0.3, 0.4) is 0 Å². The van der Waals surface area contributed by atoms with Crippen LogP contribution in [-0.4, -0.2) is 73.2 Å². The molecule has 10 heteroatoms. The number of nitrogens with zero attached hydrogens (tertiary/aromatic N) is 1. The minimum absolute atomic E-state index is 0.0524. The summed E-state index contributed by atoms with van der Waals surface area (Å²) in [6, 6.07) is 0. The number of carbonyl (C=O) groups excluding carboxylic acids is 2. The van der Waals surface area contributed by atoms with Crippen LogP contribution in [0.5, 0.6) is 0 Å². The molecule has 7 nitrogen and oxygen atoms in total. The Morgan fingerprint density at radius 2 is 1.74 bits per heavy atom. The van der Waals surface area contributed by atoms with E-state index in [0.29, 0.717) is 0 Å². The van der Waals surface area contributed by atoms with Gasteiger partial charge in [0.15, 0.2) is 0 Å². The number of hydrogen-bond acceptors (Lipinski definition) is 5. The summed E-state index contributed by atoms with van der Waals surface area (Å²) in [7, 11) is 0. The summed E-state index contributed by atoms with van der Waals surface area (Å²) in [4.78, 5) is 23.8. The van der Waals surface area contributed by atoms with Gasteiger partial charge in [-0.25, -0.2) is 4.79 Å². The molecule has 2 N–H and O–H groups in total. The second-order valence-electron chi connectivity index (χ2n) is 5.56. The Kier molecular flexibility index (Phi) is 8.91. The summed E-state index contributed by atoms with van der Waals surface area (Å²) in [5.41, 5.74) is -0.767. The molecule has 0 rings (SSSR count). The largest absolute Gasteiger partial charge is 0.471 e. The Hall–Kier alpha value is -1.55. The van der Waals surface area contributed by atoms with Crippen LogP contribution < -0.4 is 5.32 Å². The molecule has 0 aliphatic carbocycles. The van der Waals surface area contributed by atoms with Crippen molar-refractivity contribution >= 4 is 12.0 Å². The van der Waals surface area contributed by atoms with Gasteiger partial charge in [0.25, 0.3) is 0 Å². The van der Waals surface area contributed by atoms with Gasteiger partial charge >= 0.3 is 18.2 Å². The van der Waals surface area contributed by atoms with Crippen molar-refractivity contribution in [2.45, 2.75) is 32.5 Å². The standard InChI is InChI=1S/C13H23F3N2O5/c1-12(2,3)23-11(21)18(6-8-22-9-7-19)5-4-17-10(20)13(14,15)16/h19H,4-9H2,1-3H3,(H,17,20). The number of aliphatic hydroxyl groups excluding tert-OH is 1. The second kappa shape index (κ2) is 9.56. The predicted octanol–water partition coefficient (Wildman–Crippen LogP) is 0.911. The maximum absolute atomic E-state index is 12.1. The zero-order chi connectivity index (χ0) is 18.1. The molecule has 2 amide bonds. The van der Waals surface area contributed by atoms with Crippen LogP contribution >= 0.6 is 0 Å². The van der Waals surface area contributed by atoms with E-state index in [0.717, 1.165) is 4.90 Å². The Labute approximate surface area is 132 Å². The summed E-state index contributed by atoms with van der Waals surface area (Å²) in [6.07, 6.45) is -5.70. The van der Waals surface area contributed by atoms with Gasteiger partial charge in [0, 0.05) is 19.6 Å². The van der Waals surface area contributed by atoms with Gasteiger partial charge in [0.1, 0.15) is 5.60 Å². The Bertz CT molecular complexity index is 383. The topological polar surface area (TPSA) is 88.1 Å². The third-order valence-corrected chi connectivity index (χ3v) is 2.32. The third-order valence-electron chi connectivity index (χ3n) is 2.32. The number of amides is 2. The highest BCUT2D eigenvalue weighted by molar-refractivity contribution is 5.81. The summed E-state index contributed by atoms with van der Waals surface area (Å²) in [5, 5.41) is 10.3. The first kappa shape index (κ1) is 21.4. The first-order valence-corrected chi connectivity index (χ1v) is 6.99. The highest BCUT2D eigenvalue weighted by atomic mass is 19.4. The molecule has 0 aliphatic heterocycles. The van der Waals surface area contributed by atoms with Crippen LogP contribution in [0.4, 0.5) is 18.0 Å². The number of ether oxygens (including phenoxy) is 2. The van der Waals surface area contributed by atoms with E-state index < -0.39 is 23.8 Å². The molecule has 0 aromatic heterocycles. The molecule has 0 radical (unpaired) electrons. The molecular formula is C13H23F3N2O5. The van der Waals surface area contributed by atoms with Gasteiger partial charge in [-0.1, -0.05) is 0 Å². The molecule has 0 saturated heterocycles. The molecule has 0 saturated carbocycles. The highest BCUT2D eigenvalue weighted by Gasteiger charge is 2.38. The van der Waals surface area contributed by atoms with E-state index in [-0.39, 0.29) is 39.5 Å². The lowest BCUT2D eigenvalue weighted by atomic mass is 10.2. The van der Waals surface area contributed by atoms with Gasteiger partial charge in [-0.15, -0.1) is 0 Å². The number of halogens is 3. The molecule has 0 heterocycles. The molecule has 0 bridgehead atoms. The minimum atomic E-state index is -4.97. The number of alkyl halides is 3. The molecule has 0 unspecified atom stereocenters. The Morgan fingerprint density at radius 3 is 2.22 bits per heavy atom. The van der Waals surface area contributed by atoms with Crippen LogP contribution in [0.15, 0.2) is 0 Å². The fourth-order valence-corrected chi connectivity index (χ4v) is 1.37. The summed E-state index contributed by atoms with van der Waals surface area (Å²) in [6.45, 7) is 4.42. The van der Waals surface area contributed by atoms with Crippen LogP contribution in [-0.2, 0) is 14.3 Å². The van der Waals surface area contributed by atoms with Crippen molar-refractivity contribution in [3.63, 3.8) is 0 Å². The van der Waals surface area contributed by atoms with Crippen molar-refractivity contribution in [3.8, 4) is 0 Å². The third kappa shape index (κ3) is 10.7. The fourth-order valence-electron chi connectivity index (χ4n) is 1.37. The number of carbonyl (C=O) groups is 2. The molecule has 0 aliphatic rings. The highest BCUT2D eigenvalue weighted by Crippen LogP contribution is 2.14. The van der Waals surface area contributed by atoms with Gasteiger partial charge in [0.05, 0.1) is 19.8 Å². The summed E-state index contributed by atoms with van der Waals surface area (Å²) in [5.74, 6) is -2.07. The molecule has 136 valence electrons. The SMILES string of the molecule is CC(C)(C)OC(=O)N(CCNC(=O)C(F)(F)F)CCOCCO. The van der Waals surface area contributed by atoms with E-state index in [1.165, 1.54) is 0 Å². The molecular weight excluding hydrogens is 321 g/mol. The number of aliphatic hydroxyl groups is 1. The fraction of sp³-hybridized carbons (Fsp3) is 0.846. The van der Waals surface area contributed by atoms with E-state index in [9.17, 15) is 22.8 Å². The van der Waals surface area contributed by atoms with Crippen molar-refractivity contribution in [3.05, 3.63) is 0 Å². The normalized spacial score (nSPS) is 12.0. The maximum Gasteiger partial charge on any atom is 0.471 e. The van der Waals surface area contributed by atoms with Gasteiger partial charge < -0.3 is 24.8 Å². The monoisotopic (exact) mass is 344 g/mol. The molecule has 0 fully saturated rings. The van der Waals surface area contributed by atoms with Gasteiger partial charge in [0.2, 0.25) is 0 Å². The lowest BCUT2D eigenvalue weighted by molar-refractivity contribution is -0.173. The van der Waals surface area contributed by atoms with Crippen molar-refractivity contribution < 1.29 is 37.3 Å². The van der Waals surface area contributed by atoms with Crippen LogP contribution in [0.25, 0.3) is 0 Å². The van der Waals surface area contributed by atoms with Gasteiger partial charge in [-0.2, -0.15) is 13.2 Å². The summed E-state index contributed by atoms with van der Waals surface area (Å²) >= 11 is 0. The lowest BCUT2D eigenvalue weighted by Gasteiger charge is -2.27. The molecule has 0 atom stereocenters. The van der Waals surface area contributed by atoms with Crippen molar-refractivity contribution in [1.82, 2.24) is 10.2 Å². The number of rotatable bonds is 8. The molecule has 23 heavy (non-hydrogen) atoms. The van der Waals surface area contributed by atoms with E-state index in [1.807, 2.05) is 0 Å². The average molecular weight is 344 g/mol. The van der Waals surface area contributed by atoms with Gasteiger partial charge in [-0.3, -0.25) is 4.79 Å². The quantitative estimate of drug-likeness (QED) is 0.639. The van der Waals surface area contributed by atoms with E-state index >= 15 is 0 Å².